The molecule has 33 rings (SSSR count). The van der Waals surface area contributed by atoms with Crippen LogP contribution in [0.15, 0.2) is 340 Å². The van der Waals surface area contributed by atoms with E-state index in [1.54, 1.807) is 44.5 Å². The summed E-state index contributed by atoms with van der Waals surface area (Å²) in [5.41, 5.74) is 47.9. The third kappa shape index (κ3) is 12.9. The van der Waals surface area contributed by atoms with Crippen LogP contribution in [0, 0.1) is 58.2 Å². The van der Waals surface area contributed by atoms with Gasteiger partial charge in [0.1, 0.15) is 0 Å². The number of pyridine rings is 4. The van der Waals surface area contributed by atoms with E-state index in [0.717, 1.165) is 198 Å². The molecule has 14 bridgehead atoms. The Bertz CT molecular complexity index is 7470. The van der Waals surface area contributed by atoms with Gasteiger partial charge in [0, 0.05) is 98.4 Å². The van der Waals surface area contributed by atoms with Crippen LogP contribution in [0.1, 0.15) is 220 Å². The lowest BCUT2D eigenvalue weighted by Gasteiger charge is -2.48. The van der Waals surface area contributed by atoms with E-state index in [1.807, 2.05) is 0 Å². The van der Waals surface area contributed by atoms with Crippen LogP contribution in [0.4, 0.5) is 0 Å². The second-order valence-corrected chi connectivity index (χ2v) is 46.2. The van der Waals surface area contributed by atoms with Crippen molar-refractivity contribution in [2.45, 2.75) is 176 Å². The van der Waals surface area contributed by atoms with Gasteiger partial charge in [-0.05, 0) is 452 Å². The average molecular weight is 1810 g/mol. The van der Waals surface area contributed by atoms with Gasteiger partial charge in [0.2, 0.25) is 0 Å². The van der Waals surface area contributed by atoms with Crippen LogP contribution in [-0.4, -0.2) is 29.9 Å². The molecule has 16 aliphatic carbocycles. The summed E-state index contributed by atoms with van der Waals surface area (Å²) in [4.78, 5) is 32.5. The van der Waals surface area contributed by atoms with Crippen LogP contribution >= 0.6 is 0 Å². The zero-order valence-corrected chi connectivity index (χ0v) is 79.4. The quantitative estimate of drug-likeness (QED) is 0.0959. The molecule has 0 radical (unpaired) electrons. The second kappa shape index (κ2) is 31.4. The van der Waals surface area contributed by atoms with Gasteiger partial charge < -0.3 is 0 Å². The first-order valence-corrected chi connectivity index (χ1v) is 53.2. The van der Waals surface area contributed by atoms with Gasteiger partial charge in [-0.25, -0.2) is 9.97 Å². The SMILES string of the molecule is c1ccc(-c2ncc(-c3c(-c4cc(-c5ccccc5-c5ccc(-c6ccc7c(c6)C6CC8CC(CC7C8)C6)nc5)cc(-c5ccccc5-c5ccc(-c6ccc7c(c6)C6CC8CC9CC7CC98C6)nc5)c4)cccc3-c3cc(-c4ccccc4-c4ccc(-c5ccc6c(c5)C5CC7CC(CC6C7)C5)nc4)cc(-c4ccccc4-c4ccc(-c5ccc6c(c5)C5CC7CC8CC6CC87C5)nc4)c3)cn2)cc1. The molecule has 0 amide bonds. The Kier molecular flexibility index (Phi) is 18.2. The van der Waals surface area contributed by atoms with Crippen molar-refractivity contribution in [3.8, 4) is 179 Å². The molecule has 678 valence electrons. The second-order valence-electron chi connectivity index (χ2n) is 46.2. The van der Waals surface area contributed by atoms with E-state index in [0.29, 0.717) is 64.0 Å². The number of rotatable bonds is 16. The van der Waals surface area contributed by atoms with Crippen LogP contribution in [0.25, 0.3) is 179 Å². The molecule has 6 nitrogen and oxygen atoms in total. The summed E-state index contributed by atoms with van der Waals surface area (Å²) in [6.07, 6.45) is 40.3. The lowest BCUT2D eigenvalue weighted by atomic mass is 9.56. The highest BCUT2D eigenvalue weighted by atomic mass is 14.9. The summed E-state index contributed by atoms with van der Waals surface area (Å²) in [5.74, 6) is 13.3. The first kappa shape index (κ1) is 81.2. The lowest BCUT2D eigenvalue weighted by molar-refractivity contribution is 0.00321. The number of aromatic nitrogens is 6. The number of hydrogen-bond donors (Lipinski definition) is 0. The zero-order chi connectivity index (χ0) is 91.3. The topological polar surface area (TPSA) is 77.3 Å². The Labute approximate surface area is 821 Å². The number of benzene rings is 12. The molecule has 5 heterocycles. The monoisotopic (exact) mass is 1800 g/mol. The van der Waals surface area contributed by atoms with Crippen molar-refractivity contribution in [2.24, 2.45) is 58.2 Å². The number of nitrogens with zero attached hydrogens (tertiary/aromatic N) is 6. The lowest BCUT2D eigenvalue weighted by Crippen LogP contribution is -2.41. The molecule has 0 aliphatic heterocycles. The fourth-order valence-electron chi connectivity index (χ4n) is 33.4. The molecule has 12 aromatic carbocycles. The van der Waals surface area contributed by atoms with Crippen molar-refractivity contribution in [3.05, 3.63) is 385 Å². The Morgan fingerprint density at radius 3 is 0.721 bits per heavy atom. The van der Waals surface area contributed by atoms with Crippen molar-refractivity contribution in [1.29, 1.82) is 0 Å². The van der Waals surface area contributed by atoms with Crippen LogP contribution < -0.4 is 0 Å². The largest absolute Gasteiger partial charge is 0.256 e. The summed E-state index contributed by atoms with van der Waals surface area (Å²) >= 11 is 0. The molecule has 17 aromatic rings. The highest BCUT2D eigenvalue weighted by molar-refractivity contribution is 6.01. The summed E-state index contributed by atoms with van der Waals surface area (Å²) in [6, 6.07) is 116. The Morgan fingerprint density at radius 1 is 0.164 bits per heavy atom. The molecule has 10 fully saturated rings. The molecule has 6 heteroatoms. The molecule has 14 atom stereocenters. The van der Waals surface area contributed by atoms with Gasteiger partial charge in [-0.1, -0.05) is 218 Å². The fourth-order valence-corrected chi connectivity index (χ4v) is 33.4. The maximum atomic E-state index is 5.46. The van der Waals surface area contributed by atoms with Crippen LogP contribution in [-0.2, 0) is 0 Å². The molecule has 140 heavy (non-hydrogen) atoms. The van der Waals surface area contributed by atoms with E-state index in [4.69, 9.17) is 29.9 Å². The van der Waals surface area contributed by atoms with Gasteiger partial charge in [-0.15, -0.1) is 0 Å². The Morgan fingerprint density at radius 2 is 0.414 bits per heavy atom. The summed E-state index contributed by atoms with van der Waals surface area (Å²) in [7, 11) is 0. The van der Waals surface area contributed by atoms with Gasteiger partial charge in [0.15, 0.2) is 5.82 Å². The van der Waals surface area contributed by atoms with Gasteiger partial charge in [0.25, 0.3) is 0 Å². The molecular formula is C134H112N6. The predicted octanol–water partition coefficient (Wildman–Crippen LogP) is 34.3. The van der Waals surface area contributed by atoms with Crippen molar-refractivity contribution in [3.63, 3.8) is 0 Å². The molecule has 0 N–H and O–H groups in total. The molecule has 2 spiro atoms. The van der Waals surface area contributed by atoms with Crippen molar-refractivity contribution in [1.82, 2.24) is 29.9 Å². The minimum absolute atomic E-state index is 0.610. The van der Waals surface area contributed by atoms with Crippen molar-refractivity contribution in [2.75, 3.05) is 0 Å². The first-order chi connectivity index (χ1) is 69.1. The zero-order valence-electron chi connectivity index (χ0n) is 79.4. The summed E-state index contributed by atoms with van der Waals surface area (Å²) in [5, 5.41) is 0. The smallest absolute Gasteiger partial charge is 0.159 e. The Hall–Kier alpha value is -13.7. The first-order valence-electron chi connectivity index (χ1n) is 53.2. The Balaban J connectivity index is 0.567. The summed E-state index contributed by atoms with van der Waals surface area (Å²) in [6.45, 7) is 0. The van der Waals surface area contributed by atoms with E-state index in [9.17, 15) is 0 Å². The highest BCUT2D eigenvalue weighted by Crippen LogP contribution is 2.78. The van der Waals surface area contributed by atoms with Crippen LogP contribution in [0.2, 0.25) is 0 Å². The molecule has 0 saturated heterocycles. The normalized spacial score (nSPS) is 27.2. The standard InChI is InChI=1S/C134H112N6/c1-2-13-81(14-3-1)132-139-75-104(76-140-132)131-121(98-53-94(113-19-8-4-15-109(113)86-29-37-127(135-71-86)82-25-33-117-90-43-77-41-78(44-90)48-92(47-77)123(117)61-82)51-96(55-98)115-21-10-6-17-111(115)88-31-39-129(137-73-88)84-27-35-119-100-57-105-65-107-59-102(125(119)63-84)69-133(105,107)67-100)23-12-24-122(131)99-54-95(114-20-9-5-16-110(114)87-30-38-128(136-72-87)83-26-34-118-91-45-79-42-80(46-91)50-93(49-79)124(118)62-83)52-97(56-99)116-22-11-7-18-112(116)89-32-40-130(138-74-89)85-28-36-120-101-58-106-66-108-60-103(126(120)64-85)70-134(106,108)68-101/h1-40,51-56,61-64,71-80,90-93,100-103,105-108H,41-50,57-60,65-70H2. The minimum atomic E-state index is 0.610. The van der Waals surface area contributed by atoms with Crippen LogP contribution in [0.3, 0.4) is 0 Å². The third-order valence-electron chi connectivity index (χ3n) is 39.3. The van der Waals surface area contributed by atoms with Crippen LogP contribution in [0.5, 0.6) is 0 Å². The maximum Gasteiger partial charge on any atom is 0.159 e. The third-order valence-corrected chi connectivity index (χ3v) is 39.3. The highest BCUT2D eigenvalue weighted by Gasteiger charge is 2.67. The van der Waals surface area contributed by atoms with Gasteiger partial charge in [-0.2, -0.15) is 0 Å². The maximum absolute atomic E-state index is 5.46. The molecular weight excluding hydrogens is 1690 g/mol. The number of fused-ring (bicyclic) bond motifs is 10. The average Bonchev–Trinajstić information content (AvgIpc) is 1.52. The predicted molar refractivity (Wildman–Crippen MR) is 567 cm³/mol. The molecule has 10 saturated carbocycles. The number of hydrogen-bond acceptors (Lipinski definition) is 6. The minimum Gasteiger partial charge on any atom is -0.256 e. The van der Waals surface area contributed by atoms with Gasteiger partial charge in [-0.3, -0.25) is 19.9 Å². The van der Waals surface area contributed by atoms with E-state index in [-0.39, 0.29) is 0 Å². The van der Waals surface area contributed by atoms with E-state index >= 15 is 0 Å². The van der Waals surface area contributed by atoms with E-state index in [2.05, 4.69) is 340 Å². The fraction of sp³-hybridized carbons (Fsp3) is 0.284. The molecule has 16 aliphatic rings. The van der Waals surface area contributed by atoms with E-state index < -0.39 is 0 Å². The molecule has 5 aromatic heterocycles. The van der Waals surface area contributed by atoms with E-state index in [1.165, 1.54) is 151 Å². The van der Waals surface area contributed by atoms with Gasteiger partial charge >= 0.3 is 0 Å². The summed E-state index contributed by atoms with van der Waals surface area (Å²) < 4.78 is 0. The van der Waals surface area contributed by atoms with Gasteiger partial charge in [0.05, 0.1) is 22.8 Å². The van der Waals surface area contributed by atoms with Crippen molar-refractivity contribution < 1.29 is 0 Å². The van der Waals surface area contributed by atoms with Crippen molar-refractivity contribution >= 4 is 0 Å². The molecule has 14 unspecified atom stereocenters.